The Balaban J connectivity index is 0.000000188. The minimum absolute atomic E-state index is 0.0255. The van der Waals surface area contributed by atoms with Gasteiger partial charge in [0.1, 0.15) is 29.8 Å². The quantitative estimate of drug-likeness (QED) is 0.447. The van der Waals surface area contributed by atoms with Crippen LogP contribution in [0.2, 0.25) is 0 Å². The molecular formula is C32H42N6O8S2. The Morgan fingerprint density at radius 3 is 1.88 bits per heavy atom. The second-order valence-corrected chi connectivity index (χ2v) is 15.7. The van der Waals surface area contributed by atoms with Crippen LogP contribution in [0.25, 0.3) is 0 Å². The molecule has 4 N–H and O–H groups in total. The Morgan fingerprint density at radius 2 is 1.33 bits per heavy atom. The molecule has 2 aromatic carbocycles. The van der Waals surface area contributed by atoms with Crippen molar-refractivity contribution in [1.29, 1.82) is 0 Å². The highest BCUT2D eigenvalue weighted by atomic mass is 32.2. The molecule has 6 rings (SSSR count). The van der Waals surface area contributed by atoms with Crippen LogP contribution in [0.3, 0.4) is 0 Å². The van der Waals surface area contributed by atoms with Gasteiger partial charge in [0.05, 0.1) is 35.3 Å². The Labute approximate surface area is 281 Å². The predicted molar refractivity (Wildman–Crippen MR) is 181 cm³/mol. The maximum absolute atomic E-state index is 11.7. The van der Waals surface area contributed by atoms with Gasteiger partial charge in [-0.2, -0.15) is 0 Å². The van der Waals surface area contributed by atoms with Gasteiger partial charge in [-0.05, 0) is 55.4 Å². The molecule has 2 aromatic rings. The van der Waals surface area contributed by atoms with E-state index in [-0.39, 0.29) is 47.0 Å². The van der Waals surface area contributed by atoms with Crippen molar-refractivity contribution >= 4 is 43.5 Å². The van der Waals surface area contributed by atoms with Gasteiger partial charge in [-0.3, -0.25) is 9.59 Å². The molecule has 2 atom stereocenters. The molecule has 0 saturated carbocycles. The molecule has 0 spiro atoms. The van der Waals surface area contributed by atoms with E-state index in [0.717, 1.165) is 45.2 Å². The van der Waals surface area contributed by atoms with E-state index in [1.165, 1.54) is 0 Å². The second kappa shape index (κ2) is 14.5. The topological polar surface area (TPSA) is 204 Å². The highest BCUT2D eigenvalue weighted by Gasteiger charge is 2.29. The lowest BCUT2D eigenvalue weighted by Gasteiger charge is -2.35. The van der Waals surface area contributed by atoms with E-state index in [0.29, 0.717) is 53.5 Å². The van der Waals surface area contributed by atoms with Gasteiger partial charge < -0.3 is 30.7 Å². The molecule has 0 unspecified atom stereocenters. The maximum Gasteiger partial charge on any atom is 0.259 e. The van der Waals surface area contributed by atoms with Crippen LogP contribution in [-0.4, -0.2) is 89.0 Å². The number of likely N-dealkylation sites (tertiary alicyclic amines) is 2. The lowest BCUT2D eigenvalue weighted by atomic mass is 9.99. The molecule has 48 heavy (non-hydrogen) atoms. The maximum atomic E-state index is 11.7. The van der Waals surface area contributed by atoms with Crippen LogP contribution < -0.4 is 20.9 Å². The summed E-state index contributed by atoms with van der Waals surface area (Å²) in [6.45, 7) is 6.19. The number of amides is 2. The molecule has 4 aliphatic heterocycles. The predicted octanol–water partition coefficient (Wildman–Crippen LogP) is 1.89. The van der Waals surface area contributed by atoms with Gasteiger partial charge in [-0.15, -0.1) is 8.80 Å². The number of fused-ring (bicyclic) bond motifs is 2. The number of hydrogen-bond acceptors (Lipinski definition) is 10. The van der Waals surface area contributed by atoms with Gasteiger partial charge in [0, 0.05) is 39.4 Å². The molecule has 2 saturated heterocycles. The van der Waals surface area contributed by atoms with Gasteiger partial charge in [-0.1, -0.05) is 24.3 Å². The molecule has 16 heteroatoms. The van der Waals surface area contributed by atoms with Crippen molar-refractivity contribution in [1.82, 2.24) is 9.80 Å². The average Bonchev–Trinajstić information content (AvgIpc) is 3.01. The van der Waals surface area contributed by atoms with Crippen molar-refractivity contribution in [3.05, 3.63) is 58.7 Å². The van der Waals surface area contributed by atoms with Crippen LogP contribution >= 0.6 is 0 Å². The van der Waals surface area contributed by atoms with E-state index in [4.69, 9.17) is 20.9 Å². The van der Waals surface area contributed by atoms with Crippen LogP contribution in [0.4, 0.5) is 0 Å². The van der Waals surface area contributed by atoms with E-state index in [1.54, 1.807) is 50.2 Å². The minimum Gasteiger partial charge on any atom is -0.492 e. The summed E-state index contributed by atoms with van der Waals surface area (Å²) < 4.78 is 65.8. The number of carbonyl (C=O) groups is 2. The monoisotopic (exact) mass is 702 g/mol. The van der Waals surface area contributed by atoms with E-state index in [1.807, 2.05) is 9.80 Å². The van der Waals surface area contributed by atoms with Crippen LogP contribution in [0.5, 0.6) is 11.5 Å². The molecule has 2 amide bonds. The Hall–Kier alpha value is -4.18. The van der Waals surface area contributed by atoms with Crippen LogP contribution in [0.15, 0.2) is 45.2 Å². The Kier molecular flexibility index (Phi) is 10.6. The third-order valence-corrected chi connectivity index (χ3v) is 11.1. The van der Waals surface area contributed by atoms with E-state index >= 15 is 0 Å². The van der Waals surface area contributed by atoms with Gasteiger partial charge in [0.15, 0.2) is 0 Å². The molecular weight excluding hydrogens is 661 g/mol. The SMILES string of the molecule is CC(=O)N1CCCC[C@@H]1COc1cccc2c1C(N)=NS(=O)(=O)C2.CC(=O)N1CCC[C@H](COc2cccc3c2C(N)=NS(=O)(=O)C3)C1. The number of ether oxygens (including phenoxy) is 2. The number of benzene rings is 2. The molecule has 0 aromatic heterocycles. The number of amidine groups is 2. The number of nitrogens with two attached hydrogens (primary N) is 2. The Bertz CT molecular complexity index is 1840. The standard InChI is InChI=1S/2C16H21N3O4S/c1-11(20)19-7-3-4-12(8-19)9-23-14-6-2-5-13-10-24(21,22)18-16(17)15(13)14;1-11(20)19-8-3-2-6-13(19)9-23-14-7-4-5-12-10-24(21,22)18-16(17)15(12)14/h2,5-6,12H,3-4,7-10H2,1H3,(H2,17,18);4-5,7,13H,2-3,6,8-10H2,1H3,(H2,17,18)/t12-;13-/m01/s1. The van der Waals surface area contributed by atoms with Gasteiger partial charge in [0.2, 0.25) is 11.8 Å². The molecule has 0 aliphatic carbocycles. The smallest absolute Gasteiger partial charge is 0.259 e. The lowest BCUT2D eigenvalue weighted by molar-refractivity contribution is -0.133. The van der Waals surface area contributed by atoms with Crippen molar-refractivity contribution in [3.8, 4) is 11.5 Å². The van der Waals surface area contributed by atoms with Gasteiger partial charge in [0.25, 0.3) is 20.0 Å². The molecule has 260 valence electrons. The van der Waals surface area contributed by atoms with Gasteiger partial charge in [-0.25, -0.2) is 16.8 Å². The van der Waals surface area contributed by atoms with Crippen LogP contribution in [0, 0.1) is 5.92 Å². The Morgan fingerprint density at radius 1 is 0.771 bits per heavy atom. The molecule has 4 aliphatic rings. The fourth-order valence-corrected chi connectivity index (χ4v) is 8.71. The highest BCUT2D eigenvalue weighted by molar-refractivity contribution is 7.89. The zero-order valence-corrected chi connectivity index (χ0v) is 28.8. The number of carbonyl (C=O) groups excluding carboxylic acids is 2. The zero-order chi connectivity index (χ0) is 34.6. The lowest BCUT2D eigenvalue weighted by Crippen LogP contribution is -2.45. The molecule has 2 fully saturated rings. The van der Waals surface area contributed by atoms with E-state index < -0.39 is 20.0 Å². The first kappa shape index (κ1) is 35.1. The molecule has 14 nitrogen and oxygen atoms in total. The number of nitrogens with zero attached hydrogens (tertiary/aromatic N) is 4. The second-order valence-electron chi connectivity index (χ2n) is 12.4. The van der Waals surface area contributed by atoms with Crippen LogP contribution in [-0.2, 0) is 41.1 Å². The summed E-state index contributed by atoms with van der Waals surface area (Å²) in [6.07, 6.45) is 4.92. The number of rotatable bonds is 6. The fraction of sp³-hybridized carbons (Fsp3) is 0.500. The molecule has 4 heterocycles. The van der Waals surface area contributed by atoms with Crippen molar-refractivity contribution in [2.75, 3.05) is 32.8 Å². The summed E-state index contributed by atoms with van der Waals surface area (Å²) >= 11 is 0. The summed E-state index contributed by atoms with van der Waals surface area (Å²) in [5, 5.41) is 0. The van der Waals surface area contributed by atoms with E-state index in [2.05, 4.69) is 8.80 Å². The first-order valence-electron chi connectivity index (χ1n) is 15.9. The number of piperidine rings is 2. The minimum atomic E-state index is -3.56. The summed E-state index contributed by atoms with van der Waals surface area (Å²) in [4.78, 5) is 26.9. The largest absolute Gasteiger partial charge is 0.492 e. The zero-order valence-electron chi connectivity index (χ0n) is 27.1. The third-order valence-electron chi connectivity index (χ3n) is 8.79. The van der Waals surface area contributed by atoms with E-state index in [9.17, 15) is 26.4 Å². The van der Waals surface area contributed by atoms with Crippen molar-refractivity contribution < 1.29 is 35.9 Å². The summed E-state index contributed by atoms with van der Waals surface area (Å²) in [7, 11) is -7.11. The van der Waals surface area contributed by atoms with Crippen LogP contribution in [0.1, 0.15) is 68.2 Å². The summed E-state index contributed by atoms with van der Waals surface area (Å²) in [5.41, 5.74) is 14.0. The normalized spacial score (nSPS) is 22.5. The number of hydrogen-bond donors (Lipinski definition) is 2. The number of sulfonamides is 2. The third kappa shape index (κ3) is 8.45. The van der Waals surface area contributed by atoms with Crippen molar-refractivity contribution in [2.24, 2.45) is 26.2 Å². The first-order chi connectivity index (χ1) is 22.7. The molecule has 0 radical (unpaired) electrons. The van der Waals surface area contributed by atoms with Crippen molar-refractivity contribution in [2.45, 2.75) is 63.5 Å². The van der Waals surface area contributed by atoms with Gasteiger partial charge >= 0.3 is 0 Å². The van der Waals surface area contributed by atoms with Crippen molar-refractivity contribution in [3.63, 3.8) is 0 Å². The summed E-state index contributed by atoms with van der Waals surface area (Å²) in [6, 6.07) is 10.5. The average molecular weight is 703 g/mol. The summed E-state index contributed by atoms with van der Waals surface area (Å²) in [5.74, 6) is 1.03. The fourth-order valence-electron chi connectivity index (χ4n) is 6.53. The molecule has 0 bridgehead atoms. The first-order valence-corrected chi connectivity index (χ1v) is 19.1. The highest BCUT2D eigenvalue weighted by Crippen LogP contribution is 2.30.